The molecule has 0 aliphatic carbocycles. The zero-order valence-electron chi connectivity index (χ0n) is 11.2. The summed E-state index contributed by atoms with van der Waals surface area (Å²) in [7, 11) is 2.01. The molecule has 1 unspecified atom stereocenters. The molecule has 0 fully saturated rings. The average Bonchev–Trinajstić information content (AvgIpc) is 2.38. The summed E-state index contributed by atoms with van der Waals surface area (Å²) in [5, 5.41) is 4.84. The third-order valence-electron chi connectivity index (χ3n) is 3.06. The van der Waals surface area contributed by atoms with Crippen LogP contribution >= 0.6 is 23.8 Å². The second-order valence-corrected chi connectivity index (χ2v) is 5.25. The molecule has 18 heavy (non-hydrogen) atoms. The molecule has 1 N–H and O–H groups in total. The predicted octanol–water partition coefficient (Wildman–Crippen LogP) is 4.01. The van der Waals surface area contributed by atoms with Crippen molar-refractivity contribution in [3.05, 3.63) is 34.9 Å². The Hall–Kier alpha value is -0.800. The fourth-order valence-electron chi connectivity index (χ4n) is 1.64. The molecular formula is C14H21ClN2S. The van der Waals surface area contributed by atoms with Crippen LogP contribution in [0.1, 0.15) is 38.3 Å². The summed E-state index contributed by atoms with van der Waals surface area (Å²) >= 11 is 11.3. The quantitative estimate of drug-likeness (QED) is 0.650. The number of rotatable bonds is 5. The predicted molar refractivity (Wildman–Crippen MR) is 83.1 cm³/mol. The van der Waals surface area contributed by atoms with Gasteiger partial charge in [-0.25, -0.2) is 0 Å². The van der Waals surface area contributed by atoms with Crippen molar-refractivity contribution in [1.82, 2.24) is 10.2 Å². The Labute approximate surface area is 120 Å². The van der Waals surface area contributed by atoms with Crippen LogP contribution in [0, 0.1) is 0 Å². The number of hydrogen-bond acceptors (Lipinski definition) is 1. The van der Waals surface area contributed by atoms with Crippen molar-refractivity contribution < 1.29 is 0 Å². The lowest BCUT2D eigenvalue weighted by molar-refractivity contribution is 0.395. The average molecular weight is 285 g/mol. The summed E-state index contributed by atoms with van der Waals surface area (Å²) in [6.07, 6.45) is 2.31. The van der Waals surface area contributed by atoms with Crippen LogP contribution in [-0.2, 0) is 0 Å². The first-order valence-electron chi connectivity index (χ1n) is 6.32. The van der Waals surface area contributed by atoms with Crippen molar-refractivity contribution in [1.29, 1.82) is 0 Å². The Balaban J connectivity index is 2.57. The zero-order valence-corrected chi connectivity index (χ0v) is 12.8. The van der Waals surface area contributed by atoms with Gasteiger partial charge in [0.2, 0.25) is 0 Å². The normalized spacial score (nSPS) is 12.0. The largest absolute Gasteiger partial charge is 0.363 e. The van der Waals surface area contributed by atoms with E-state index in [2.05, 4.69) is 24.1 Å². The van der Waals surface area contributed by atoms with E-state index < -0.39 is 0 Å². The summed E-state index contributed by atoms with van der Waals surface area (Å²) in [5.74, 6) is 0. The molecule has 0 saturated heterocycles. The highest BCUT2D eigenvalue weighted by Crippen LogP contribution is 2.20. The first-order chi connectivity index (χ1) is 8.56. The van der Waals surface area contributed by atoms with Gasteiger partial charge in [0.1, 0.15) is 0 Å². The summed E-state index contributed by atoms with van der Waals surface area (Å²) in [6, 6.07) is 8.14. The maximum atomic E-state index is 5.89. The van der Waals surface area contributed by atoms with Crippen molar-refractivity contribution in [2.75, 3.05) is 13.6 Å². The summed E-state index contributed by atoms with van der Waals surface area (Å²) in [5.41, 5.74) is 1.21. The molecule has 0 bridgehead atoms. The fraction of sp³-hybridized carbons (Fsp3) is 0.500. The van der Waals surface area contributed by atoms with E-state index in [0.29, 0.717) is 0 Å². The van der Waals surface area contributed by atoms with E-state index in [1.54, 1.807) is 0 Å². The topological polar surface area (TPSA) is 15.3 Å². The summed E-state index contributed by atoms with van der Waals surface area (Å²) in [6.45, 7) is 5.24. The van der Waals surface area contributed by atoms with Crippen LogP contribution in [-0.4, -0.2) is 23.6 Å². The van der Waals surface area contributed by atoms with Crippen molar-refractivity contribution in [2.24, 2.45) is 0 Å². The minimum atomic E-state index is 0.240. The molecule has 0 spiro atoms. The smallest absolute Gasteiger partial charge is 0.169 e. The van der Waals surface area contributed by atoms with Gasteiger partial charge in [-0.3, -0.25) is 0 Å². The van der Waals surface area contributed by atoms with Gasteiger partial charge in [0, 0.05) is 18.6 Å². The zero-order chi connectivity index (χ0) is 13.5. The molecule has 1 rings (SSSR count). The highest BCUT2D eigenvalue weighted by molar-refractivity contribution is 7.80. The Morgan fingerprint density at radius 1 is 1.39 bits per heavy atom. The van der Waals surface area contributed by atoms with E-state index in [9.17, 15) is 0 Å². The van der Waals surface area contributed by atoms with Gasteiger partial charge in [-0.15, -0.1) is 0 Å². The maximum Gasteiger partial charge on any atom is 0.169 e. The lowest BCUT2D eigenvalue weighted by atomic mass is 10.1. The Morgan fingerprint density at radius 3 is 2.56 bits per heavy atom. The van der Waals surface area contributed by atoms with Crippen LogP contribution < -0.4 is 5.32 Å². The van der Waals surface area contributed by atoms with E-state index in [-0.39, 0.29) is 6.04 Å². The van der Waals surface area contributed by atoms with Gasteiger partial charge in [-0.05, 0) is 43.3 Å². The molecule has 1 aromatic carbocycles. The van der Waals surface area contributed by atoms with E-state index in [4.69, 9.17) is 23.8 Å². The molecule has 0 saturated carbocycles. The summed E-state index contributed by atoms with van der Waals surface area (Å²) < 4.78 is 0. The van der Waals surface area contributed by atoms with Gasteiger partial charge < -0.3 is 10.2 Å². The first kappa shape index (κ1) is 15.3. The Bertz CT molecular complexity index is 378. The lowest BCUT2D eigenvalue weighted by Gasteiger charge is -2.28. The third-order valence-corrected chi connectivity index (χ3v) is 3.74. The number of hydrogen-bond donors (Lipinski definition) is 1. The molecule has 0 aliphatic rings. The number of benzene rings is 1. The highest BCUT2D eigenvalue weighted by atomic mass is 35.5. The SMILES string of the molecule is CCCCNC(=S)N(C)C(C)c1ccc(Cl)cc1. The van der Waals surface area contributed by atoms with Gasteiger partial charge in [-0.1, -0.05) is 37.1 Å². The number of halogens is 1. The molecule has 100 valence electrons. The van der Waals surface area contributed by atoms with E-state index in [1.165, 1.54) is 12.0 Å². The monoisotopic (exact) mass is 284 g/mol. The van der Waals surface area contributed by atoms with Crippen molar-refractivity contribution in [3.63, 3.8) is 0 Å². The number of thiocarbonyl (C=S) groups is 1. The van der Waals surface area contributed by atoms with Crippen LogP contribution in [0.2, 0.25) is 5.02 Å². The molecule has 1 aromatic rings. The minimum absolute atomic E-state index is 0.240. The number of unbranched alkanes of at least 4 members (excludes halogenated alkanes) is 1. The van der Waals surface area contributed by atoms with E-state index in [0.717, 1.165) is 23.1 Å². The molecule has 2 nitrogen and oxygen atoms in total. The molecule has 0 heterocycles. The van der Waals surface area contributed by atoms with Crippen LogP contribution in [0.25, 0.3) is 0 Å². The van der Waals surface area contributed by atoms with Gasteiger partial charge in [0.15, 0.2) is 5.11 Å². The standard InChI is InChI=1S/C14H21ClN2S/c1-4-5-10-16-14(18)17(3)11(2)12-6-8-13(15)9-7-12/h6-9,11H,4-5,10H2,1-3H3,(H,16,18). The van der Waals surface area contributed by atoms with Crippen LogP contribution in [0.5, 0.6) is 0 Å². The third kappa shape index (κ3) is 4.46. The second kappa shape index (κ2) is 7.59. The summed E-state index contributed by atoms with van der Waals surface area (Å²) in [4.78, 5) is 2.08. The van der Waals surface area contributed by atoms with Gasteiger partial charge in [-0.2, -0.15) is 0 Å². The molecule has 0 aliphatic heterocycles. The Morgan fingerprint density at radius 2 is 2.00 bits per heavy atom. The number of nitrogens with zero attached hydrogens (tertiary/aromatic N) is 1. The lowest BCUT2D eigenvalue weighted by Crippen LogP contribution is -2.38. The fourth-order valence-corrected chi connectivity index (χ4v) is 2.02. The van der Waals surface area contributed by atoms with E-state index in [1.807, 2.05) is 31.3 Å². The van der Waals surface area contributed by atoms with Gasteiger partial charge in [0.25, 0.3) is 0 Å². The van der Waals surface area contributed by atoms with Crippen LogP contribution in [0.15, 0.2) is 24.3 Å². The second-order valence-electron chi connectivity index (χ2n) is 4.42. The molecule has 4 heteroatoms. The minimum Gasteiger partial charge on any atom is -0.363 e. The van der Waals surface area contributed by atoms with Crippen molar-refractivity contribution >= 4 is 28.9 Å². The molecular weight excluding hydrogens is 264 g/mol. The van der Waals surface area contributed by atoms with Crippen LogP contribution in [0.3, 0.4) is 0 Å². The highest BCUT2D eigenvalue weighted by Gasteiger charge is 2.13. The molecule has 0 amide bonds. The maximum absolute atomic E-state index is 5.89. The van der Waals surface area contributed by atoms with Crippen LogP contribution in [0.4, 0.5) is 0 Å². The number of nitrogens with one attached hydrogen (secondary N) is 1. The van der Waals surface area contributed by atoms with Crippen molar-refractivity contribution in [3.8, 4) is 0 Å². The van der Waals surface area contributed by atoms with Crippen molar-refractivity contribution in [2.45, 2.75) is 32.7 Å². The first-order valence-corrected chi connectivity index (χ1v) is 7.11. The van der Waals surface area contributed by atoms with E-state index >= 15 is 0 Å². The van der Waals surface area contributed by atoms with Gasteiger partial charge in [0.05, 0.1) is 6.04 Å². The van der Waals surface area contributed by atoms with Gasteiger partial charge >= 0.3 is 0 Å². The molecule has 1 atom stereocenters. The molecule has 0 radical (unpaired) electrons. The molecule has 0 aromatic heterocycles. The Kier molecular flexibility index (Phi) is 6.44.